The number of unbranched alkanes of at least 4 members (excludes halogenated alkanes) is 1. The van der Waals surface area contributed by atoms with Gasteiger partial charge in [-0.05, 0) is 76.6 Å². The molecule has 0 radical (unpaired) electrons. The van der Waals surface area contributed by atoms with E-state index >= 15 is 0 Å². The highest BCUT2D eigenvalue weighted by Crippen LogP contribution is 2.39. The van der Waals surface area contributed by atoms with Crippen molar-refractivity contribution in [2.45, 2.75) is 109 Å². The number of aliphatic imine (C=N–C) groups is 1. The Balaban J connectivity index is 1.76. The van der Waals surface area contributed by atoms with Crippen LogP contribution in [0.1, 0.15) is 95.1 Å². The molecule has 0 aliphatic heterocycles. The van der Waals surface area contributed by atoms with Gasteiger partial charge < -0.3 is 19.0 Å². The maximum Gasteiger partial charge on any atom is 0.263 e. The summed E-state index contributed by atoms with van der Waals surface area (Å²) in [5, 5.41) is 3.90. The van der Waals surface area contributed by atoms with E-state index in [0.717, 1.165) is 73.8 Å². The zero-order chi connectivity index (χ0) is 32.8. The van der Waals surface area contributed by atoms with Crippen LogP contribution in [0.3, 0.4) is 0 Å². The Morgan fingerprint density at radius 2 is 1.84 bits per heavy atom. The van der Waals surface area contributed by atoms with E-state index in [1.807, 2.05) is 52.1 Å². The Labute approximate surface area is 268 Å². The first-order valence-corrected chi connectivity index (χ1v) is 17.4. The van der Waals surface area contributed by atoms with Crippen LogP contribution in [0.25, 0.3) is 11.1 Å². The number of carbonyl (C=O) groups excluding carboxylic acids is 1. The Morgan fingerprint density at radius 1 is 1.13 bits per heavy atom. The number of rotatable bonds is 14. The van der Waals surface area contributed by atoms with Crippen molar-refractivity contribution in [2.24, 2.45) is 4.99 Å². The average Bonchev–Trinajstić information content (AvgIpc) is 3.61. The van der Waals surface area contributed by atoms with Gasteiger partial charge in [0, 0.05) is 37.7 Å². The molecule has 1 heterocycles. The highest BCUT2D eigenvalue weighted by molar-refractivity contribution is 7.92. The molecule has 1 N–H and O–H groups in total. The van der Waals surface area contributed by atoms with Gasteiger partial charge in [-0.15, -0.1) is 0 Å². The molecule has 2 aromatic carbocycles. The summed E-state index contributed by atoms with van der Waals surface area (Å²) in [6, 6.07) is 13.1. The fourth-order valence-electron chi connectivity index (χ4n) is 6.01. The number of aryl methyl sites for hydroxylation is 1. The van der Waals surface area contributed by atoms with Crippen LogP contribution in [0, 0.1) is 13.8 Å². The summed E-state index contributed by atoms with van der Waals surface area (Å²) in [5.41, 5.74) is 2.54. The third-order valence-electron chi connectivity index (χ3n) is 8.75. The fraction of sp³-hybridized carbons (Fsp3) is 0.514. The lowest BCUT2D eigenvalue weighted by molar-refractivity contribution is -0.112. The number of hydrogen-bond donors (Lipinski definition) is 1. The van der Waals surface area contributed by atoms with Gasteiger partial charge in [0.1, 0.15) is 23.4 Å². The minimum absolute atomic E-state index is 0.133. The molecule has 1 aliphatic rings. The molecule has 9 nitrogen and oxygen atoms in total. The largest absolute Gasteiger partial charge is 0.371 e. The highest BCUT2D eigenvalue weighted by atomic mass is 32.2. The second kappa shape index (κ2) is 14.3. The Kier molecular flexibility index (Phi) is 10.9. The number of anilines is 1. The lowest BCUT2D eigenvalue weighted by atomic mass is 9.87. The van der Waals surface area contributed by atoms with Crippen molar-refractivity contribution in [1.82, 2.24) is 10.1 Å². The van der Waals surface area contributed by atoms with E-state index in [1.54, 1.807) is 26.0 Å². The Morgan fingerprint density at radius 3 is 2.47 bits per heavy atom. The third kappa shape index (κ3) is 7.84. The van der Waals surface area contributed by atoms with Crippen molar-refractivity contribution in [1.29, 1.82) is 0 Å². The second-order valence-electron chi connectivity index (χ2n) is 12.6. The SMILES string of the molecule is CCCCC(=NC1(C=O)CCCC1)N(C)Cc1ccc(-c2ccccc2S(=O)(=O)Nc2noc(C)c2C)c(C(C)(C)OCC)c1. The zero-order valence-electron chi connectivity index (χ0n) is 27.8. The predicted molar refractivity (Wildman–Crippen MR) is 179 cm³/mol. The molecule has 4 rings (SSSR count). The van der Waals surface area contributed by atoms with Crippen molar-refractivity contribution in [3.8, 4) is 11.1 Å². The van der Waals surface area contributed by atoms with Crippen LogP contribution in [-0.2, 0) is 31.7 Å². The third-order valence-corrected chi connectivity index (χ3v) is 10.1. The molecule has 0 atom stereocenters. The quantitative estimate of drug-likeness (QED) is 0.110. The molecular weight excluding hydrogens is 588 g/mol. The van der Waals surface area contributed by atoms with Crippen molar-refractivity contribution in [3.63, 3.8) is 0 Å². The predicted octanol–water partition coefficient (Wildman–Crippen LogP) is 7.56. The molecule has 0 amide bonds. The van der Waals surface area contributed by atoms with Crippen LogP contribution in [0.5, 0.6) is 0 Å². The Bertz CT molecular complexity index is 1620. The average molecular weight is 637 g/mol. The monoisotopic (exact) mass is 636 g/mol. The molecule has 1 saturated carbocycles. The minimum Gasteiger partial charge on any atom is -0.371 e. The number of amidine groups is 1. The molecule has 0 saturated heterocycles. The summed E-state index contributed by atoms with van der Waals surface area (Å²) < 4.78 is 41.5. The summed E-state index contributed by atoms with van der Waals surface area (Å²) in [6.45, 7) is 12.7. The number of nitrogens with one attached hydrogen (secondary N) is 1. The van der Waals surface area contributed by atoms with Gasteiger partial charge in [-0.3, -0.25) is 9.71 Å². The number of benzene rings is 2. The molecule has 1 fully saturated rings. The van der Waals surface area contributed by atoms with Gasteiger partial charge in [0.15, 0.2) is 5.82 Å². The normalized spacial score (nSPS) is 15.3. The first-order chi connectivity index (χ1) is 21.4. The van der Waals surface area contributed by atoms with Crippen LogP contribution in [-0.4, -0.2) is 49.8 Å². The van der Waals surface area contributed by atoms with E-state index < -0.39 is 21.2 Å². The van der Waals surface area contributed by atoms with Crippen LogP contribution >= 0.6 is 0 Å². The van der Waals surface area contributed by atoms with E-state index in [4.69, 9.17) is 14.3 Å². The van der Waals surface area contributed by atoms with Gasteiger partial charge >= 0.3 is 0 Å². The van der Waals surface area contributed by atoms with Crippen LogP contribution in [0.4, 0.5) is 5.82 Å². The van der Waals surface area contributed by atoms with E-state index in [-0.39, 0.29) is 10.7 Å². The number of carbonyl (C=O) groups is 1. The minimum atomic E-state index is -4.01. The Hall–Kier alpha value is -3.50. The van der Waals surface area contributed by atoms with E-state index in [9.17, 15) is 13.2 Å². The van der Waals surface area contributed by atoms with E-state index in [0.29, 0.717) is 30.0 Å². The smallest absolute Gasteiger partial charge is 0.263 e. The molecule has 45 heavy (non-hydrogen) atoms. The molecule has 0 spiro atoms. The lowest BCUT2D eigenvalue weighted by Gasteiger charge is -2.30. The van der Waals surface area contributed by atoms with Crippen molar-refractivity contribution < 1.29 is 22.5 Å². The number of aromatic nitrogens is 1. The summed E-state index contributed by atoms with van der Waals surface area (Å²) in [4.78, 5) is 19.5. The van der Waals surface area contributed by atoms with Gasteiger partial charge in [-0.2, -0.15) is 0 Å². The van der Waals surface area contributed by atoms with Crippen molar-refractivity contribution in [3.05, 3.63) is 64.9 Å². The first kappa shape index (κ1) is 34.4. The maximum absolute atomic E-state index is 13.7. The van der Waals surface area contributed by atoms with E-state index in [2.05, 4.69) is 27.8 Å². The van der Waals surface area contributed by atoms with Gasteiger partial charge in [0.05, 0.1) is 10.5 Å². The topological polar surface area (TPSA) is 114 Å². The molecule has 3 aromatic rings. The molecule has 0 bridgehead atoms. The fourth-order valence-corrected chi connectivity index (χ4v) is 7.29. The van der Waals surface area contributed by atoms with Gasteiger partial charge in [-0.25, -0.2) is 8.42 Å². The number of sulfonamides is 1. The van der Waals surface area contributed by atoms with Crippen LogP contribution in [0.2, 0.25) is 0 Å². The van der Waals surface area contributed by atoms with Gasteiger partial charge in [-0.1, -0.05) is 67.7 Å². The summed E-state index contributed by atoms with van der Waals surface area (Å²) >= 11 is 0. The molecule has 0 unspecified atom stereocenters. The van der Waals surface area contributed by atoms with E-state index in [1.165, 1.54) is 0 Å². The first-order valence-electron chi connectivity index (χ1n) is 15.9. The number of nitrogens with zero attached hydrogens (tertiary/aromatic N) is 3. The lowest BCUT2D eigenvalue weighted by Crippen LogP contribution is -2.33. The number of hydrogen-bond acceptors (Lipinski definition) is 7. The molecule has 244 valence electrons. The standard InChI is InChI=1S/C35H48N4O5S/c1-8-10-17-32(36-35(24-40)20-13-14-21-35)39(7)23-27-18-19-28(30(22-27)34(5,6)43-9-2)29-15-11-12-16-31(29)45(41,42)38-33-25(3)26(4)44-37-33/h11-12,15-16,18-19,22,24H,8-10,13-14,17,20-21,23H2,1-7H3,(H,37,38). The second-order valence-corrected chi connectivity index (χ2v) is 14.2. The highest BCUT2D eigenvalue weighted by Gasteiger charge is 2.34. The van der Waals surface area contributed by atoms with Gasteiger partial charge in [0.25, 0.3) is 10.0 Å². The van der Waals surface area contributed by atoms with Gasteiger partial charge in [0.2, 0.25) is 0 Å². The molecule has 10 heteroatoms. The van der Waals surface area contributed by atoms with Crippen LogP contribution in [0.15, 0.2) is 56.9 Å². The maximum atomic E-state index is 13.7. The number of aldehydes is 1. The molecular formula is C35H48N4O5S. The zero-order valence-corrected chi connectivity index (χ0v) is 28.6. The summed E-state index contributed by atoms with van der Waals surface area (Å²) in [5.74, 6) is 1.67. The molecule has 1 aromatic heterocycles. The van der Waals surface area contributed by atoms with Crippen LogP contribution < -0.4 is 4.72 Å². The molecule has 1 aliphatic carbocycles. The summed E-state index contributed by atoms with van der Waals surface area (Å²) in [6.07, 6.45) is 7.53. The van der Waals surface area contributed by atoms with Crippen molar-refractivity contribution in [2.75, 3.05) is 18.4 Å². The van der Waals surface area contributed by atoms with Crippen molar-refractivity contribution >= 4 is 28.0 Å². The number of ether oxygens (including phenoxy) is 1. The summed E-state index contributed by atoms with van der Waals surface area (Å²) in [7, 11) is -1.98.